The normalized spacial score (nSPS) is 26.9. The largest absolute Gasteiger partial charge is 0.378 e. The summed E-state index contributed by atoms with van der Waals surface area (Å²) in [4.78, 5) is 2.51. The van der Waals surface area contributed by atoms with Crippen LogP contribution in [0.1, 0.15) is 17.2 Å². The summed E-state index contributed by atoms with van der Waals surface area (Å²) >= 11 is 0. The molecule has 0 spiro atoms. The molecule has 0 N–H and O–H groups in total. The molecule has 1 atom stereocenters. The van der Waals surface area contributed by atoms with Crippen LogP contribution >= 0.6 is 0 Å². The van der Waals surface area contributed by atoms with Crippen LogP contribution in [0.2, 0.25) is 0 Å². The number of nitrogens with zero attached hydrogens (tertiary/aromatic N) is 1. The first-order valence-electron chi connectivity index (χ1n) is 4.85. The number of benzene rings is 1. The molecule has 0 saturated carbocycles. The highest BCUT2D eigenvalue weighted by Crippen LogP contribution is 2.34. The first kappa shape index (κ1) is 7.54. The van der Waals surface area contributed by atoms with Gasteiger partial charge < -0.3 is 4.74 Å². The Bertz CT molecular complexity index is 324. The molecule has 3 rings (SSSR count). The number of morpholine rings is 1. The van der Waals surface area contributed by atoms with Gasteiger partial charge in [0.05, 0.1) is 19.3 Å². The monoisotopic (exact) mass is 175 g/mol. The molecule has 68 valence electrons. The highest BCUT2D eigenvalue weighted by Gasteiger charge is 2.31. The molecule has 0 radical (unpaired) electrons. The summed E-state index contributed by atoms with van der Waals surface area (Å²) in [5.41, 5.74) is 2.96. The van der Waals surface area contributed by atoms with Crippen molar-refractivity contribution >= 4 is 0 Å². The maximum atomic E-state index is 5.50. The van der Waals surface area contributed by atoms with Gasteiger partial charge in [0.15, 0.2) is 0 Å². The Morgan fingerprint density at radius 2 is 2.23 bits per heavy atom. The second-order valence-corrected chi connectivity index (χ2v) is 3.76. The van der Waals surface area contributed by atoms with Crippen LogP contribution in [0.15, 0.2) is 24.3 Å². The Morgan fingerprint density at radius 1 is 1.31 bits per heavy atom. The lowest BCUT2D eigenvalue weighted by Gasteiger charge is -2.29. The highest BCUT2D eigenvalue weighted by atomic mass is 16.5. The van der Waals surface area contributed by atoms with Gasteiger partial charge in [0.2, 0.25) is 0 Å². The zero-order valence-corrected chi connectivity index (χ0v) is 7.57. The van der Waals surface area contributed by atoms with Crippen LogP contribution in [0, 0.1) is 0 Å². The summed E-state index contributed by atoms with van der Waals surface area (Å²) in [6, 6.07) is 9.24. The van der Waals surface area contributed by atoms with E-state index in [1.807, 2.05) is 0 Å². The molecule has 2 aliphatic heterocycles. The maximum Gasteiger partial charge on any atom is 0.0664 e. The van der Waals surface area contributed by atoms with Gasteiger partial charge in [-0.25, -0.2) is 0 Å². The van der Waals surface area contributed by atoms with Gasteiger partial charge in [0.25, 0.3) is 0 Å². The molecule has 1 aromatic carbocycles. The van der Waals surface area contributed by atoms with Gasteiger partial charge in [-0.3, -0.25) is 4.90 Å². The van der Waals surface area contributed by atoms with Crippen molar-refractivity contribution in [2.75, 3.05) is 19.8 Å². The molecule has 0 amide bonds. The van der Waals surface area contributed by atoms with E-state index in [2.05, 4.69) is 29.2 Å². The van der Waals surface area contributed by atoms with Crippen LogP contribution < -0.4 is 0 Å². The predicted octanol–water partition coefficient (Wildman–Crippen LogP) is 1.57. The third-order valence-corrected chi connectivity index (χ3v) is 3.03. The van der Waals surface area contributed by atoms with Crippen molar-refractivity contribution in [2.24, 2.45) is 0 Å². The molecule has 0 bridgehead atoms. The van der Waals surface area contributed by atoms with Gasteiger partial charge >= 0.3 is 0 Å². The van der Waals surface area contributed by atoms with Gasteiger partial charge in [-0.15, -0.1) is 0 Å². The average Bonchev–Trinajstić information content (AvgIpc) is 2.56. The van der Waals surface area contributed by atoms with Crippen molar-refractivity contribution in [1.29, 1.82) is 0 Å². The summed E-state index contributed by atoms with van der Waals surface area (Å²) in [6.45, 7) is 3.96. The van der Waals surface area contributed by atoms with E-state index in [0.29, 0.717) is 6.04 Å². The van der Waals surface area contributed by atoms with E-state index in [0.717, 1.165) is 26.3 Å². The fourth-order valence-electron chi connectivity index (χ4n) is 2.34. The van der Waals surface area contributed by atoms with E-state index in [-0.39, 0.29) is 0 Å². The van der Waals surface area contributed by atoms with Crippen LogP contribution in [0.4, 0.5) is 0 Å². The summed E-state index contributed by atoms with van der Waals surface area (Å²) in [7, 11) is 0. The first-order valence-corrected chi connectivity index (χ1v) is 4.85. The fourth-order valence-corrected chi connectivity index (χ4v) is 2.34. The average molecular weight is 175 g/mol. The van der Waals surface area contributed by atoms with Crippen molar-refractivity contribution in [3.63, 3.8) is 0 Å². The molecule has 1 saturated heterocycles. The van der Waals surface area contributed by atoms with Crippen molar-refractivity contribution in [1.82, 2.24) is 4.90 Å². The topological polar surface area (TPSA) is 12.5 Å². The van der Waals surface area contributed by atoms with Gasteiger partial charge in [-0.05, 0) is 11.1 Å². The minimum Gasteiger partial charge on any atom is -0.378 e. The number of fused-ring (bicyclic) bond motifs is 3. The molecular weight excluding hydrogens is 162 g/mol. The maximum absolute atomic E-state index is 5.50. The highest BCUT2D eigenvalue weighted by molar-refractivity contribution is 5.34. The third kappa shape index (κ3) is 1.10. The molecule has 1 fully saturated rings. The minimum atomic E-state index is 0.532. The SMILES string of the molecule is c1ccc2c(c1)CN1CCOCC21. The van der Waals surface area contributed by atoms with Crippen LogP contribution in [-0.4, -0.2) is 24.7 Å². The number of ether oxygens (including phenoxy) is 1. The number of rotatable bonds is 0. The molecule has 2 heterocycles. The van der Waals surface area contributed by atoms with Crippen molar-refractivity contribution < 1.29 is 4.74 Å². The molecule has 0 aliphatic carbocycles. The van der Waals surface area contributed by atoms with Gasteiger partial charge in [-0.1, -0.05) is 24.3 Å². The molecule has 13 heavy (non-hydrogen) atoms. The predicted molar refractivity (Wildman–Crippen MR) is 50.4 cm³/mol. The third-order valence-electron chi connectivity index (χ3n) is 3.03. The smallest absolute Gasteiger partial charge is 0.0664 e. The lowest BCUT2D eigenvalue weighted by molar-refractivity contribution is -0.00209. The lowest BCUT2D eigenvalue weighted by atomic mass is 10.1. The first-order chi connectivity index (χ1) is 6.45. The summed E-state index contributed by atoms with van der Waals surface area (Å²) in [5.74, 6) is 0. The van der Waals surface area contributed by atoms with Gasteiger partial charge in [-0.2, -0.15) is 0 Å². The van der Waals surface area contributed by atoms with E-state index in [4.69, 9.17) is 4.74 Å². The standard InChI is InChI=1S/C11H13NO/c1-2-4-10-9(3-1)7-12-5-6-13-8-11(10)12/h1-4,11H,5-8H2. The molecule has 2 nitrogen and oxygen atoms in total. The second kappa shape index (κ2) is 2.82. The molecule has 1 aromatic rings. The zero-order valence-electron chi connectivity index (χ0n) is 7.57. The molecule has 2 aliphatic rings. The van der Waals surface area contributed by atoms with Crippen LogP contribution in [0.3, 0.4) is 0 Å². The van der Waals surface area contributed by atoms with Gasteiger partial charge in [0.1, 0.15) is 0 Å². The molecule has 0 aromatic heterocycles. The lowest BCUT2D eigenvalue weighted by Crippen LogP contribution is -2.34. The summed E-state index contributed by atoms with van der Waals surface area (Å²) in [6.07, 6.45) is 0. The quantitative estimate of drug-likeness (QED) is 0.593. The minimum absolute atomic E-state index is 0.532. The van der Waals surface area contributed by atoms with Crippen molar-refractivity contribution in [3.8, 4) is 0 Å². The molecular formula is C11H13NO. The molecule has 2 heteroatoms. The van der Waals surface area contributed by atoms with E-state index in [1.54, 1.807) is 0 Å². The number of hydrogen-bond acceptors (Lipinski definition) is 2. The van der Waals surface area contributed by atoms with Crippen molar-refractivity contribution in [3.05, 3.63) is 35.4 Å². The zero-order chi connectivity index (χ0) is 8.67. The van der Waals surface area contributed by atoms with Crippen LogP contribution in [0.25, 0.3) is 0 Å². The van der Waals surface area contributed by atoms with Crippen molar-refractivity contribution in [2.45, 2.75) is 12.6 Å². The Hall–Kier alpha value is -0.860. The number of hydrogen-bond donors (Lipinski definition) is 0. The van der Waals surface area contributed by atoms with E-state index in [1.165, 1.54) is 11.1 Å². The molecule has 1 unspecified atom stereocenters. The summed E-state index contributed by atoms with van der Waals surface area (Å²) < 4.78 is 5.50. The van der Waals surface area contributed by atoms with Crippen LogP contribution in [-0.2, 0) is 11.3 Å². The van der Waals surface area contributed by atoms with Gasteiger partial charge in [0, 0.05) is 13.1 Å². The Kier molecular flexibility index (Phi) is 1.64. The van der Waals surface area contributed by atoms with Crippen LogP contribution in [0.5, 0.6) is 0 Å². The Labute approximate surface area is 78.1 Å². The second-order valence-electron chi connectivity index (χ2n) is 3.76. The Morgan fingerprint density at radius 3 is 3.23 bits per heavy atom. The van der Waals surface area contributed by atoms with E-state index >= 15 is 0 Å². The van der Waals surface area contributed by atoms with E-state index < -0.39 is 0 Å². The fraction of sp³-hybridized carbons (Fsp3) is 0.455. The van der Waals surface area contributed by atoms with E-state index in [9.17, 15) is 0 Å². The summed E-state index contributed by atoms with van der Waals surface area (Å²) in [5, 5.41) is 0. The Balaban J connectivity index is 2.01.